The van der Waals surface area contributed by atoms with Crippen molar-refractivity contribution < 1.29 is 9.26 Å². The van der Waals surface area contributed by atoms with Crippen LogP contribution in [0.2, 0.25) is 0 Å². The Kier molecular flexibility index (Phi) is 5.71. The monoisotopic (exact) mass is 332 g/mol. The Morgan fingerprint density at radius 3 is 3.17 bits per heavy atom. The fourth-order valence-corrected chi connectivity index (χ4v) is 3.08. The lowest BCUT2D eigenvalue weighted by Gasteiger charge is -2.28. The molecule has 0 saturated carbocycles. The molecule has 1 aliphatic rings. The molecule has 0 amide bonds. The summed E-state index contributed by atoms with van der Waals surface area (Å²) in [5, 5.41) is 12.2. The van der Waals surface area contributed by atoms with E-state index in [4.69, 9.17) is 9.26 Å². The van der Waals surface area contributed by atoms with Gasteiger partial charge in [0.2, 0.25) is 5.89 Å². The third-order valence-electron chi connectivity index (χ3n) is 4.20. The molecule has 0 spiro atoms. The van der Waals surface area contributed by atoms with Crippen LogP contribution in [0.1, 0.15) is 24.6 Å². The summed E-state index contributed by atoms with van der Waals surface area (Å²) >= 11 is 0. The van der Waals surface area contributed by atoms with Crippen LogP contribution in [0.3, 0.4) is 0 Å². The molecule has 1 aliphatic heterocycles. The lowest BCUT2D eigenvalue weighted by atomic mass is 10.2. The van der Waals surface area contributed by atoms with Crippen LogP contribution in [0.4, 0.5) is 5.82 Å². The van der Waals surface area contributed by atoms with Gasteiger partial charge >= 0.3 is 0 Å². The molecular formula is C16H24N6O2. The molecule has 8 heteroatoms. The SMILES string of the molecule is COCCc1noc(CN(C)C[C@@H]2CCCN2c2cccnn2)n1. The minimum absolute atomic E-state index is 0.433. The van der Waals surface area contributed by atoms with E-state index in [-0.39, 0.29) is 0 Å². The summed E-state index contributed by atoms with van der Waals surface area (Å²) in [7, 11) is 3.74. The molecule has 0 bridgehead atoms. The number of hydrogen-bond acceptors (Lipinski definition) is 8. The summed E-state index contributed by atoms with van der Waals surface area (Å²) in [6.07, 6.45) is 4.71. The van der Waals surface area contributed by atoms with E-state index >= 15 is 0 Å². The average molecular weight is 332 g/mol. The van der Waals surface area contributed by atoms with Crippen molar-refractivity contribution in [2.24, 2.45) is 0 Å². The lowest BCUT2D eigenvalue weighted by molar-refractivity contribution is 0.199. The van der Waals surface area contributed by atoms with Crippen LogP contribution >= 0.6 is 0 Å². The van der Waals surface area contributed by atoms with E-state index in [1.165, 1.54) is 6.42 Å². The molecule has 3 heterocycles. The first-order valence-corrected chi connectivity index (χ1v) is 8.29. The van der Waals surface area contributed by atoms with E-state index in [1.54, 1.807) is 13.3 Å². The number of likely N-dealkylation sites (N-methyl/N-ethyl adjacent to an activating group) is 1. The molecule has 0 aliphatic carbocycles. The average Bonchev–Trinajstić information content (AvgIpc) is 3.23. The second-order valence-corrected chi connectivity index (χ2v) is 6.12. The minimum Gasteiger partial charge on any atom is -0.384 e. The maximum absolute atomic E-state index is 5.31. The quantitative estimate of drug-likeness (QED) is 0.712. The largest absolute Gasteiger partial charge is 0.384 e. The fraction of sp³-hybridized carbons (Fsp3) is 0.625. The van der Waals surface area contributed by atoms with Gasteiger partial charge in [-0.2, -0.15) is 10.1 Å². The second-order valence-electron chi connectivity index (χ2n) is 6.12. The van der Waals surface area contributed by atoms with Crippen molar-refractivity contribution in [3.05, 3.63) is 30.0 Å². The van der Waals surface area contributed by atoms with Crippen LogP contribution in [0.25, 0.3) is 0 Å². The number of nitrogens with zero attached hydrogens (tertiary/aromatic N) is 6. The Hall–Kier alpha value is -2.06. The summed E-state index contributed by atoms with van der Waals surface area (Å²) < 4.78 is 10.3. The zero-order valence-corrected chi connectivity index (χ0v) is 14.3. The summed E-state index contributed by atoms with van der Waals surface area (Å²) in [4.78, 5) is 8.95. The molecule has 0 aromatic carbocycles. The highest BCUT2D eigenvalue weighted by molar-refractivity contribution is 5.39. The predicted molar refractivity (Wildman–Crippen MR) is 88.6 cm³/mol. The van der Waals surface area contributed by atoms with Crippen LogP contribution in [-0.4, -0.2) is 65.1 Å². The maximum Gasteiger partial charge on any atom is 0.240 e. The predicted octanol–water partition coefficient (Wildman–Crippen LogP) is 1.15. The molecule has 0 radical (unpaired) electrons. The second kappa shape index (κ2) is 8.16. The molecule has 3 rings (SSSR count). The van der Waals surface area contributed by atoms with Gasteiger partial charge in [0.05, 0.1) is 13.2 Å². The van der Waals surface area contributed by atoms with E-state index in [0.29, 0.717) is 37.3 Å². The van der Waals surface area contributed by atoms with Gasteiger partial charge in [-0.25, -0.2) is 0 Å². The molecule has 1 atom stereocenters. The molecule has 1 saturated heterocycles. The Labute approximate surface area is 141 Å². The van der Waals surface area contributed by atoms with Crippen LogP contribution < -0.4 is 4.90 Å². The minimum atomic E-state index is 0.433. The first kappa shape index (κ1) is 16.8. The highest BCUT2D eigenvalue weighted by atomic mass is 16.5. The van der Waals surface area contributed by atoms with Gasteiger partial charge < -0.3 is 14.2 Å². The van der Waals surface area contributed by atoms with Crippen molar-refractivity contribution in [1.82, 2.24) is 25.2 Å². The maximum atomic E-state index is 5.31. The van der Waals surface area contributed by atoms with Gasteiger partial charge in [0.1, 0.15) is 0 Å². The van der Waals surface area contributed by atoms with Gasteiger partial charge in [0, 0.05) is 38.9 Å². The van der Waals surface area contributed by atoms with Gasteiger partial charge in [-0.15, -0.1) is 5.10 Å². The van der Waals surface area contributed by atoms with Gasteiger partial charge in [0.15, 0.2) is 11.6 Å². The molecule has 0 unspecified atom stereocenters. The molecule has 1 fully saturated rings. The van der Waals surface area contributed by atoms with Crippen molar-refractivity contribution in [2.45, 2.75) is 31.8 Å². The van der Waals surface area contributed by atoms with Crippen molar-refractivity contribution in [3.63, 3.8) is 0 Å². The lowest BCUT2D eigenvalue weighted by Crippen LogP contribution is -2.39. The van der Waals surface area contributed by atoms with Crippen molar-refractivity contribution in [1.29, 1.82) is 0 Å². The van der Waals surface area contributed by atoms with Gasteiger partial charge in [0.25, 0.3) is 0 Å². The van der Waals surface area contributed by atoms with Crippen molar-refractivity contribution >= 4 is 5.82 Å². The summed E-state index contributed by atoms with van der Waals surface area (Å²) in [6.45, 7) is 3.19. The molecule has 8 nitrogen and oxygen atoms in total. The Bertz CT molecular complexity index is 620. The number of methoxy groups -OCH3 is 1. The first-order valence-electron chi connectivity index (χ1n) is 8.29. The fourth-order valence-electron chi connectivity index (χ4n) is 3.08. The number of rotatable bonds is 8. The number of aromatic nitrogens is 4. The molecule has 0 N–H and O–H groups in total. The van der Waals surface area contributed by atoms with E-state index in [0.717, 1.165) is 25.3 Å². The first-order chi connectivity index (χ1) is 11.8. The zero-order chi connectivity index (χ0) is 16.8. The third-order valence-corrected chi connectivity index (χ3v) is 4.20. The smallest absolute Gasteiger partial charge is 0.240 e. The summed E-state index contributed by atoms with van der Waals surface area (Å²) in [6, 6.07) is 4.38. The number of hydrogen-bond donors (Lipinski definition) is 0. The van der Waals surface area contributed by atoms with Gasteiger partial charge in [-0.05, 0) is 32.0 Å². The van der Waals surface area contributed by atoms with Crippen molar-refractivity contribution in [3.8, 4) is 0 Å². The summed E-state index contributed by atoms with van der Waals surface area (Å²) in [5.74, 6) is 2.29. The number of anilines is 1. The Morgan fingerprint density at radius 1 is 1.46 bits per heavy atom. The molecule has 130 valence electrons. The van der Waals surface area contributed by atoms with Crippen LogP contribution in [0.15, 0.2) is 22.9 Å². The Morgan fingerprint density at radius 2 is 2.38 bits per heavy atom. The van der Waals surface area contributed by atoms with Gasteiger partial charge in [-0.1, -0.05) is 5.16 Å². The van der Waals surface area contributed by atoms with Crippen LogP contribution in [-0.2, 0) is 17.7 Å². The van der Waals surface area contributed by atoms with Gasteiger partial charge in [-0.3, -0.25) is 4.90 Å². The third kappa shape index (κ3) is 4.27. The zero-order valence-electron chi connectivity index (χ0n) is 14.3. The van der Waals surface area contributed by atoms with E-state index < -0.39 is 0 Å². The standard InChI is InChI=1S/C16H24N6O2/c1-21(12-16-18-14(20-24-16)7-10-23-2)11-13-5-4-9-22(13)15-6-3-8-17-19-15/h3,6,8,13H,4-5,7,9-12H2,1-2H3/t13-/m0/s1. The molecule has 2 aromatic rings. The van der Waals surface area contributed by atoms with E-state index in [2.05, 4.69) is 37.2 Å². The Balaban J connectivity index is 1.54. The molecule has 2 aromatic heterocycles. The molecular weight excluding hydrogens is 308 g/mol. The van der Waals surface area contributed by atoms with Crippen LogP contribution in [0, 0.1) is 0 Å². The topological polar surface area (TPSA) is 80.4 Å². The van der Waals surface area contributed by atoms with Crippen LogP contribution in [0.5, 0.6) is 0 Å². The molecule has 24 heavy (non-hydrogen) atoms. The highest BCUT2D eigenvalue weighted by Crippen LogP contribution is 2.23. The normalized spacial score (nSPS) is 17.8. The van der Waals surface area contributed by atoms with Crippen molar-refractivity contribution in [2.75, 3.05) is 38.8 Å². The van der Waals surface area contributed by atoms with E-state index in [9.17, 15) is 0 Å². The van der Waals surface area contributed by atoms with E-state index in [1.807, 2.05) is 12.1 Å². The highest BCUT2D eigenvalue weighted by Gasteiger charge is 2.27. The number of ether oxygens (including phenoxy) is 1. The summed E-state index contributed by atoms with van der Waals surface area (Å²) in [5.41, 5.74) is 0.